The number of aliphatic hydroxyl groups excluding tert-OH is 1. The van der Waals surface area contributed by atoms with E-state index in [1.165, 1.54) is 0 Å². The lowest BCUT2D eigenvalue weighted by atomic mass is 10.2. The molecule has 4 heteroatoms. The molecule has 0 aromatic heterocycles. The van der Waals surface area contributed by atoms with Crippen LogP contribution in [0.4, 0.5) is 0 Å². The maximum atomic E-state index is 12.0. The van der Waals surface area contributed by atoms with Crippen LogP contribution in [0.25, 0.3) is 0 Å². The predicted molar refractivity (Wildman–Crippen MR) is 78.1 cm³/mol. The van der Waals surface area contributed by atoms with E-state index in [1.807, 2.05) is 0 Å². The van der Waals surface area contributed by atoms with Gasteiger partial charge < -0.3 is 9.53 Å². The summed E-state index contributed by atoms with van der Waals surface area (Å²) in [5, 5.41) is 8.73. The molecule has 0 rings (SSSR count). The topological polar surface area (TPSA) is 46.5 Å². The molecule has 0 aromatic rings. The highest BCUT2D eigenvalue weighted by molar-refractivity contribution is 6.78. The fraction of sp³-hybridized carbons (Fsp3) is 0.929. The highest BCUT2D eigenvalue weighted by Gasteiger charge is 2.47. The van der Waals surface area contributed by atoms with E-state index in [4.69, 9.17) is 9.53 Å². The average molecular weight is 274 g/mol. The van der Waals surface area contributed by atoms with Crippen molar-refractivity contribution in [2.45, 2.75) is 77.4 Å². The zero-order chi connectivity index (χ0) is 14.3. The third kappa shape index (κ3) is 4.39. The first-order valence-corrected chi connectivity index (χ1v) is 9.25. The summed E-state index contributed by atoms with van der Waals surface area (Å²) in [5.74, 6) is -0.0776. The van der Waals surface area contributed by atoms with Gasteiger partial charge in [-0.2, -0.15) is 0 Å². The zero-order valence-corrected chi connectivity index (χ0v) is 13.8. The molecule has 0 radical (unpaired) electrons. The van der Waals surface area contributed by atoms with Crippen LogP contribution < -0.4 is 0 Å². The van der Waals surface area contributed by atoms with Crippen LogP contribution in [0, 0.1) is 0 Å². The molecule has 0 aliphatic carbocycles. The Hall–Kier alpha value is -0.353. The average Bonchev–Trinajstić information content (AvgIpc) is 2.24. The van der Waals surface area contributed by atoms with E-state index in [1.54, 1.807) is 0 Å². The van der Waals surface area contributed by atoms with Gasteiger partial charge in [-0.1, -0.05) is 41.5 Å². The summed E-state index contributed by atoms with van der Waals surface area (Å²) in [6.45, 7) is 13.2. The summed E-state index contributed by atoms with van der Waals surface area (Å²) in [6.07, 6.45) is 1.82. The molecule has 0 heterocycles. The Balaban J connectivity index is 4.74. The minimum atomic E-state index is -2.06. The Morgan fingerprint density at radius 2 is 1.44 bits per heavy atom. The molecule has 1 N–H and O–H groups in total. The highest BCUT2D eigenvalue weighted by Crippen LogP contribution is 2.42. The van der Waals surface area contributed by atoms with Crippen LogP contribution in [0.5, 0.6) is 0 Å². The van der Waals surface area contributed by atoms with Crippen molar-refractivity contribution in [2.75, 3.05) is 6.61 Å². The van der Waals surface area contributed by atoms with E-state index in [-0.39, 0.29) is 12.6 Å². The van der Waals surface area contributed by atoms with E-state index < -0.39 is 8.32 Å². The first kappa shape index (κ1) is 17.6. The van der Waals surface area contributed by atoms with Crippen molar-refractivity contribution < 1.29 is 14.3 Å². The lowest BCUT2D eigenvalue weighted by molar-refractivity contribution is -0.135. The largest absolute Gasteiger partial charge is 0.518 e. The summed E-state index contributed by atoms with van der Waals surface area (Å²) >= 11 is 0. The second kappa shape index (κ2) is 7.95. The van der Waals surface area contributed by atoms with Crippen molar-refractivity contribution in [1.82, 2.24) is 0 Å². The van der Waals surface area contributed by atoms with Gasteiger partial charge in [-0.25, -0.2) is 0 Å². The SMILES string of the molecule is CC(C)[Si](OC(=O)CCCCO)(C(C)C)C(C)C. The molecule has 0 unspecified atom stereocenters. The predicted octanol–water partition coefficient (Wildman–Crippen LogP) is 3.87. The van der Waals surface area contributed by atoms with Gasteiger partial charge in [0.05, 0.1) is 0 Å². The number of carbonyl (C=O) groups excluding carboxylic acids is 1. The second-order valence-corrected chi connectivity index (χ2v) is 11.3. The summed E-state index contributed by atoms with van der Waals surface area (Å²) in [4.78, 5) is 12.0. The van der Waals surface area contributed by atoms with Gasteiger partial charge in [0.1, 0.15) is 0 Å². The number of hydrogen-bond donors (Lipinski definition) is 1. The molecule has 0 saturated heterocycles. The third-order valence-corrected chi connectivity index (χ3v) is 9.78. The maximum absolute atomic E-state index is 12.0. The normalized spacial score (nSPS) is 12.6. The number of rotatable bonds is 8. The Labute approximate surface area is 113 Å². The standard InChI is InChI=1S/C14H30O3Si/c1-11(2)18(12(3)4,13(5)6)17-14(16)9-7-8-10-15/h11-13,15H,7-10H2,1-6H3. The second-order valence-electron chi connectivity index (χ2n) is 5.97. The molecule has 0 aliphatic rings. The summed E-state index contributed by atoms with van der Waals surface area (Å²) < 4.78 is 5.99. The van der Waals surface area contributed by atoms with Gasteiger partial charge in [0.2, 0.25) is 0 Å². The maximum Gasteiger partial charge on any atom is 0.292 e. The molecule has 108 valence electrons. The number of hydrogen-bond acceptors (Lipinski definition) is 3. The quantitative estimate of drug-likeness (QED) is 0.540. The van der Waals surface area contributed by atoms with E-state index in [0.717, 1.165) is 0 Å². The van der Waals surface area contributed by atoms with Crippen LogP contribution in [0.3, 0.4) is 0 Å². The molecule has 0 bridgehead atoms. The summed E-state index contributed by atoms with van der Waals surface area (Å²) in [7, 11) is -2.06. The van der Waals surface area contributed by atoms with Crippen LogP contribution in [0.15, 0.2) is 0 Å². The fourth-order valence-electron chi connectivity index (χ4n) is 2.98. The van der Waals surface area contributed by atoms with Crippen molar-refractivity contribution >= 4 is 14.3 Å². The first-order valence-electron chi connectivity index (χ1n) is 7.11. The van der Waals surface area contributed by atoms with Crippen LogP contribution in [0.2, 0.25) is 16.6 Å². The van der Waals surface area contributed by atoms with Crippen LogP contribution in [0.1, 0.15) is 60.8 Å². The molecule has 0 saturated carbocycles. The fourth-order valence-corrected chi connectivity index (χ4v) is 8.19. The molecule has 0 aromatic carbocycles. The van der Waals surface area contributed by atoms with Gasteiger partial charge >= 0.3 is 0 Å². The van der Waals surface area contributed by atoms with Gasteiger partial charge in [0.15, 0.2) is 0 Å². The minimum Gasteiger partial charge on any atom is -0.518 e. The van der Waals surface area contributed by atoms with Crippen LogP contribution >= 0.6 is 0 Å². The Kier molecular flexibility index (Phi) is 7.79. The summed E-state index contributed by atoms with van der Waals surface area (Å²) in [5.41, 5.74) is 1.29. The van der Waals surface area contributed by atoms with E-state index in [2.05, 4.69) is 41.5 Å². The first-order chi connectivity index (χ1) is 8.28. The van der Waals surface area contributed by atoms with Crippen molar-refractivity contribution in [3.05, 3.63) is 0 Å². The molecule has 0 atom stereocenters. The molecule has 0 fully saturated rings. The minimum absolute atomic E-state index is 0.0776. The van der Waals surface area contributed by atoms with Crippen molar-refractivity contribution in [2.24, 2.45) is 0 Å². The lowest BCUT2D eigenvalue weighted by Crippen LogP contribution is -2.49. The van der Waals surface area contributed by atoms with Gasteiger partial charge in [0, 0.05) is 13.0 Å². The highest BCUT2D eigenvalue weighted by atomic mass is 28.4. The number of unbranched alkanes of at least 4 members (excludes halogenated alkanes) is 1. The van der Waals surface area contributed by atoms with Gasteiger partial charge in [0.25, 0.3) is 14.3 Å². The molecule has 0 spiro atoms. The number of carbonyl (C=O) groups is 1. The van der Waals surface area contributed by atoms with Crippen molar-refractivity contribution in [1.29, 1.82) is 0 Å². The third-order valence-electron chi connectivity index (χ3n) is 3.79. The number of aliphatic hydroxyl groups is 1. The monoisotopic (exact) mass is 274 g/mol. The molecule has 0 amide bonds. The van der Waals surface area contributed by atoms with Crippen molar-refractivity contribution in [3.8, 4) is 0 Å². The van der Waals surface area contributed by atoms with Crippen LogP contribution in [-0.2, 0) is 9.22 Å². The van der Waals surface area contributed by atoms with Gasteiger partial charge in [-0.3, -0.25) is 4.79 Å². The van der Waals surface area contributed by atoms with E-state index >= 15 is 0 Å². The van der Waals surface area contributed by atoms with E-state index in [9.17, 15) is 4.79 Å². The van der Waals surface area contributed by atoms with E-state index in [0.29, 0.717) is 35.9 Å². The lowest BCUT2D eigenvalue weighted by Gasteiger charge is -2.41. The van der Waals surface area contributed by atoms with Crippen molar-refractivity contribution in [3.63, 3.8) is 0 Å². The Morgan fingerprint density at radius 1 is 1.00 bits per heavy atom. The molecular weight excluding hydrogens is 244 g/mol. The van der Waals surface area contributed by atoms with Crippen LogP contribution in [-0.4, -0.2) is 26.0 Å². The van der Waals surface area contributed by atoms with Gasteiger partial charge in [-0.05, 0) is 29.5 Å². The molecule has 18 heavy (non-hydrogen) atoms. The smallest absolute Gasteiger partial charge is 0.292 e. The molecular formula is C14H30O3Si. The Morgan fingerprint density at radius 3 is 1.78 bits per heavy atom. The molecule has 3 nitrogen and oxygen atoms in total. The van der Waals surface area contributed by atoms with Gasteiger partial charge in [-0.15, -0.1) is 0 Å². The zero-order valence-electron chi connectivity index (χ0n) is 12.8. The molecule has 0 aliphatic heterocycles. The Bertz CT molecular complexity index is 228. The summed E-state index contributed by atoms with van der Waals surface area (Å²) in [6, 6.07) is 0.